The summed E-state index contributed by atoms with van der Waals surface area (Å²) >= 11 is 0. The first-order valence-corrected chi connectivity index (χ1v) is 5.45. The maximum Gasteiger partial charge on any atom is 0.128 e. The maximum atomic E-state index is 5.77. The Balaban J connectivity index is 2.23. The van der Waals surface area contributed by atoms with Crippen LogP contribution >= 0.6 is 0 Å². The summed E-state index contributed by atoms with van der Waals surface area (Å²) in [5.74, 6) is 0.896. The van der Waals surface area contributed by atoms with E-state index in [2.05, 4.69) is 17.2 Å². The van der Waals surface area contributed by atoms with Crippen LogP contribution < -0.4 is 10.1 Å². The van der Waals surface area contributed by atoms with Gasteiger partial charge in [-0.05, 0) is 38.2 Å². The molecular weight excluding hydrogens is 200 g/mol. The molecular formula is C13H16N2O. The highest BCUT2D eigenvalue weighted by atomic mass is 16.5. The first-order valence-electron chi connectivity index (χ1n) is 5.45. The van der Waals surface area contributed by atoms with Gasteiger partial charge in [0.2, 0.25) is 0 Å². The van der Waals surface area contributed by atoms with E-state index in [9.17, 15) is 0 Å². The van der Waals surface area contributed by atoms with Crippen LogP contribution in [0.4, 0.5) is 0 Å². The second-order valence-electron chi connectivity index (χ2n) is 3.83. The van der Waals surface area contributed by atoms with Gasteiger partial charge in [0, 0.05) is 17.6 Å². The molecule has 0 saturated carbocycles. The van der Waals surface area contributed by atoms with Crippen molar-refractivity contribution < 1.29 is 4.74 Å². The highest BCUT2D eigenvalue weighted by Crippen LogP contribution is 2.23. The summed E-state index contributed by atoms with van der Waals surface area (Å²) in [5, 5.41) is 4.21. The van der Waals surface area contributed by atoms with Crippen LogP contribution in [-0.2, 0) is 0 Å². The van der Waals surface area contributed by atoms with E-state index >= 15 is 0 Å². The van der Waals surface area contributed by atoms with E-state index < -0.39 is 0 Å². The number of rotatable bonds is 4. The lowest BCUT2D eigenvalue weighted by Crippen LogP contribution is -2.28. The highest BCUT2D eigenvalue weighted by Gasteiger charge is 2.04. The molecule has 0 radical (unpaired) electrons. The molecule has 1 atom stereocenters. The van der Waals surface area contributed by atoms with Crippen LogP contribution in [0.5, 0.6) is 5.75 Å². The lowest BCUT2D eigenvalue weighted by atomic mass is 10.2. The highest BCUT2D eigenvalue weighted by molar-refractivity contribution is 5.84. The van der Waals surface area contributed by atoms with E-state index in [0.717, 1.165) is 16.7 Å². The summed E-state index contributed by atoms with van der Waals surface area (Å²) in [4.78, 5) is 4.29. The molecule has 1 unspecified atom stereocenters. The Morgan fingerprint density at radius 2 is 2.19 bits per heavy atom. The topological polar surface area (TPSA) is 34.1 Å². The standard InChI is InChI=1S/C13H16N2O/c1-10(14-2)9-16-13-7-3-6-12-11(13)5-4-8-15-12/h3-8,10,14H,9H2,1-2H3. The van der Waals surface area contributed by atoms with Crippen LogP contribution in [0.2, 0.25) is 0 Å². The van der Waals surface area contributed by atoms with Crippen LogP contribution in [0.3, 0.4) is 0 Å². The minimum Gasteiger partial charge on any atom is -0.491 e. The number of fused-ring (bicyclic) bond motifs is 1. The number of benzene rings is 1. The van der Waals surface area contributed by atoms with Crippen molar-refractivity contribution in [2.24, 2.45) is 0 Å². The van der Waals surface area contributed by atoms with Crippen LogP contribution in [-0.4, -0.2) is 24.7 Å². The predicted molar refractivity (Wildman–Crippen MR) is 65.8 cm³/mol. The zero-order valence-corrected chi connectivity index (χ0v) is 9.60. The molecule has 1 aromatic carbocycles. The minimum atomic E-state index is 0.340. The number of ether oxygens (including phenoxy) is 1. The van der Waals surface area contributed by atoms with E-state index in [-0.39, 0.29) is 0 Å². The van der Waals surface area contributed by atoms with Gasteiger partial charge in [0.05, 0.1) is 5.52 Å². The number of hydrogen-bond donors (Lipinski definition) is 1. The van der Waals surface area contributed by atoms with Gasteiger partial charge in [-0.2, -0.15) is 0 Å². The summed E-state index contributed by atoms with van der Waals surface area (Å²) in [6.07, 6.45) is 1.79. The van der Waals surface area contributed by atoms with E-state index in [1.807, 2.05) is 37.4 Å². The third-order valence-corrected chi connectivity index (χ3v) is 2.59. The molecule has 0 aliphatic carbocycles. The number of hydrogen-bond acceptors (Lipinski definition) is 3. The lowest BCUT2D eigenvalue weighted by Gasteiger charge is -2.13. The monoisotopic (exact) mass is 216 g/mol. The van der Waals surface area contributed by atoms with Crippen LogP contribution in [0.25, 0.3) is 10.9 Å². The first kappa shape index (κ1) is 10.9. The van der Waals surface area contributed by atoms with Gasteiger partial charge in [0.1, 0.15) is 12.4 Å². The Bertz CT molecular complexity index is 465. The molecule has 3 nitrogen and oxygen atoms in total. The number of pyridine rings is 1. The number of nitrogens with zero attached hydrogens (tertiary/aromatic N) is 1. The second kappa shape index (κ2) is 4.94. The third kappa shape index (κ3) is 2.31. The molecule has 1 heterocycles. The fourth-order valence-electron chi connectivity index (χ4n) is 1.50. The molecule has 0 spiro atoms. The van der Waals surface area contributed by atoms with Gasteiger partial charge in [0.25, 0.3) is 0 Å². The Hall–Kier alpha value is -1.61. The summed E-state index contributed by atoms with van der Waals surface area (Å²) < 4.78 is 5.77. The van der Waals surface area contributed by atoms with Crippen molar-refractivity contribution in [3.8, 4) is 5.75 Å². The smallest absolute Gasteiger partial charge is 0.128 e. The third-order valence-electron chi connectivity index (χ3n) is 2.59. The van der Waals surface area contributed by atoms with Crippen LogP contribution in [0.15, 0.2) is 36.5 Å². The summed E-state index contributed by atoms with van der Waals surface area (Å²) in [5.41, 5.74) is 0.970. The maximum absolute atomic E-state index is 5.77. The van der Waals surface area contributed by atoms with Crippen molar-refractivity contribution in [2.75, 3.05) is 13.7 Å². The van der Waals surface area contributed by atoms with Gasteiger partial charge in [0.15, 0.2) is 0 Å². The molecule has 0 amide bonds. The van der Waals surface area contributed by atoms with Gasteiger partial charge in [-0.1, -0.05) is 6.07 Å². The van der Waals surface area contributed by atoms with Gasteiger partial charge < -0.3 is 10.1 Å². The molecule has 2 rings (SSSR count). The van der Waals surface area contributed by atoms with Crippen molar-refractivity contribution >= 4 is 10.9 Å². The molecule has 0 aliphatic heterocycles. The molecule has 3 heteroatoms. The van der Waals surface area contributed by atoms with E-state index in [4.69, 9.17) is 4.74 Å². The Morgan fingerprint density at radius 1 is 1.31 bits per heavy atom. The van der Waals surface area contributed by atoms with Crippen molar-refractivity contribution in [1.29, 1.82) is 0 Å². The lowest BCUT2D eigenvalue weighted by molar-refractivity contribution is 0.283. The van der Waals surface area contributed by atoms with Crippen molar-refractivity contribution in [1.82, 2.24) is 10.3 Å². The van der Waals surface area contributed by atoms with Gasteiger partial charge in [-0.15, -0.1) is 0 Å². The minimum absolute atomic E-state index is 0.340. The quantitative estimate of drug-likeness (QED) is 0.851. The molecule has 0 saturated heterocycles. The average Bonchev–Trinajstić information content (AvgIpc) is 2.35. The van der Waals surface area contributed by atoms with Gasteiger partial charge in [-0.3, -0.25) is 4.98 Å². The number of aromatic nitrogens is 1. The SMILES string of the molecule is CNC(C)COc1cccc2ncccc12. The van der Waals surface area contributed by atoms with Crippen molar-refractivity contribution in [2.45, 2.75) is 13.0 Å². The zero-order valence-electron chi connectivity index (χ0n) is 9.60. The van der Waals surface area contributed by atoms with E-state index in [1.54, 1.807) is 6.20 Å². The fourth-order valence-corrected chi connectivity index (χ4v) is 1.50. The molecule has 0 bridgehead atoms. The fraction of sp³-hybridized carbons (Fsp3) is 0.308. The predicted octanol–water partition coefficient (Wildman–Crippen LogP) is 2.22. The second-order valence-corrected chi connectivity index (χ2v) is 3.83. The molecule has 0 fully saturated rings. The average molecular weight is 216 g/mol. The molecule has 84 valence electrons. The summed E-state index contributed by atoms with van der Waals surface area (Å²) in [6, 6.07) is 10.2. The normalized spacial score (nSPS) is 12.6. The molecule has 2 aromatic rings. The largest absolute Gasteiger partial charge is 0.491 e. The molecule has 0 aliphatic rings. The van der Waals surface area contributed by atoms with Crippen molar-refractivity contribution in [3.63, 3.8) is 0 Å². The number of likely N-dealkylation sites (N-methyl/N-ethyl adjacent to an activating group) is 1. The van der Waals surface area contributed by atoms with Gasteiger partial charge in [-0.25, -0.2) is 0 Å². The Kier molecular flexibility index (Phi) is 3.37. The molecule has 1 N–H and O–H groups in total. The van der Waals surface area contributed by atoms with Gasteiger partial charge >= 0.3 is 0 Å². The zero-order chi connectivity index (χ0) is 11.4. The van der Waals surface area contributed by atoms with Crippen molar-refractivity contribution in [3.05, 3.63) is 36.5 Å². The molecule has 1 aromatic heterocycles. The summed E-state index contributed by atoms with van der Waals surface area (Å²) in [7, 11) is 1.93. The Labute approximate surface area is 95.5 Å². The molecule has 16 heavy (non-hydrogen) atoms. The Morgan fingerprint density at radius 3 is 3.00 bits per heavy atom. The van der Waals surface area contributed by atoms with E-state index in [1.165, 1.54) is 0 Å². The van der Waals surface area contributed by atoms with Crippen LogP contribution in [0, 0.1) is 0 Å². The van der Waals surface area contributed by atoms with Crippen LogP contribution in [0.1, 0.15) is 6.92 Å². The van der Waals surface area contributed by atoms with E-state index in [0.29, 0.717) is 12.6 Å². The first-order chi connectivity index (χ1) is 7.81. The number of nitrogens with one attached hydrogen (secondary N) is 1. The summed E-state index contributed by atoms with van der Waals surface area (Å²) in [6.45, 7) is 2.74.